The van der Waals surface area contributed by atoms with Gasteiger partial charge in [-0.2, -0.15) is 0 Å². The van der Waals surface area contributed by atoms with Gasteiger partial charge in [0.15, 0.2) is 0 Å². The second-order valence-corrected chi connectivity index (χ2v) is 16.5. The van der Waals surface area contributed by atoms with Gasteiger partial charge in [-0.3, -0.25) is 4.79 Å². The van der Waals surface area contributed by atoms with Gasteiger partial charge in [0.1, 0.15) is 0 Å². The van der Waals surface area contributed by atoms with E-state index in [-0.39, 0.29) is 12.5 Å². The van der Waals surface area contributed by atoms with Crippen LogP contribution in [0.1, 0.15) is 264 Å². The summed E-state index contributed by atoms with van der Waals surface area (Å²) in [6.07, 6.45) is 58.4. The number of rotatable bonds is 44. The molecule has 314 valence electrons. The second-order valence-electron chi connectivity index (χ2n) is 16.5. The first-order valence-corrected chi connectivity index (χ1v) is 24.0. The summed E-state index contributed by atoms with van der Waals surface area (Å²) >= 11 is 0. The maximum atomic E-state index is 12.4. The van der Waals surface area contributed by atoms with Crippen LogP contribution in [0.25, 0.3) is 0 Å². The molecule has 0 aliphatic heterocycles. The second kappa shape index (κ2) is 45.3. The topological polar surface area (TPSA) is 69.6 Å². The van der Waals surface area contributed by atoms with Crippen LogP contribution in [-0.4, -0.2) is 34.9 Å². The standard InChI is InChI=1S/C49H95NO3/c1-3-5-7-9-11-13-15-17-19-21-23-24-25-26-27-29-31-33-35-37-39-41-43-45-49(53)50-47(46-51)48(52)44-42-40-38-36-34-32-30-28-22-20-18-16-14-12-10-8-6-4-2/h23-24,26-27,47-48,51-52H,3-22,25,28-46H2,1-2H3,(H,50,53)/b24-23-,27-26-. The van der Waals surface area contributed by atoms with Gasteiger partial charge < -0.3 is 15.5 Å². The summed E-state index contributed by atoms with van der Waals surface area (Å²) in [4.78, 5) is 12.4. The summed E-state index contributed by atoms with van der Waals surface area (Å²) in [5.41, 5.74) is 0. The van der Waals surface area contributed by atoms with Gasteiger partial charge in [0, 0.05) is 6.42 Å². The molecule has 0 saturated heterocycles. The number of hydrogen-bond donors (Lipinski definition) is 3. The van der Waals surface area contributed by atoms with Crippen LogP contribution in [0.4, 0.5) is 0 Å². The fourth-order valence-electron chi connectivity index (χ4n) is 7.51. The molecule has 4 heteroatoms. The third kappa shape index (κ3) is 41.9. The zero-order chi connectivity index (χ0) is 38.6. The van der Waals surface area contributed by atoms with E-state index in [1.165, 1.54) is 205 Å². The van der Waals surface area contributed by atoms with E-state index < -0.39 is 12.1 Å². The molecule has 0 bridgehead atoms. The van der Waals surface area contributed by atoms with E-state index in [0.717, 1.165) is 32.1 Å². The lowest BCUT2D eigenvalue weighted by atomic mass is 10.0. The minimum atomic E-state index is -0.661. The van der Waals surface area contributed by atoms with Gasteiger partial charge in [-0.1, -0.05) is 237 Å². The Morgan fingerprint density at radius 3 is 1.13 bits per heavy atom. The lowest BCUT2D eigenvalue weighted by Crippen LogP contribution is -2.45. The average molecular weight is 746 g/mol. The summed E-state index contributed by atoms with van der Waals surface area (Å²) in [5, 5.41) is 23.2. The van der Waals surface area contributed by atoms with Crippen LogP contribution in [0.2, 0.25) is 0 Å². The monoisotopic (exact) mass is 746 g/mol. The molecule has 2 atom stereocenters. The van der Waals surface area contributed by atoms with Crippen LogP contribution < -0.4 is 5.32 Å². The number of aliphatic hydroxyl groups is 2. The zero-order valence-corrected chi connectivity index (χ0v) is 36.1. The molecular formula is C49H95NO3. The summed E-state index contributed by atoms with van der Waals surface area (Å²) in [6, 6.07) is -0.539. The molecule has 0 heterocycles. The quantitative estimate of drug-likeness (QED) is 0.0430. The highest BCUT2D eigenvalue weighted by Crippen LogP contribution is 2.16. The van der Waals surface area contributed by atoms with Gasteiger partial charge >= 0.3 is 0 Å². The van der Waals surface area contributed by atoms with E-state index in [9.17, 15) is 15.0 Å². The van der Waals surface area contributed by atoms with Crippen molar-refractivity contribution in [3.05, 3.63) is 24.3 Å². The molecule has 0 aromatic carbocycles. The molecule has 0 rings (SSSR count). The van der Waals surface area contributed by atoms with Gasteiger partial charge in [0.05, 0.1) is 18.8 Å². The van der Waals surface area contributed by atoms with Gasteiger partial charge in [-0.15, -0.1) is 0 Å². The van der Waals surface area contributed by atoms with E-state index in [4.69, 9.17) is 0 Å². The number of hydrogen-bond acceptors (Lipinski definition) is 3. The Morgan fingerprint density at radius 1 is 0.453 bits per heavy atom. The summed E-state index contributed by atoms with van der Waals surface area (Å²) in [6.45, 7) is 4.37. The van der Waals surface area contributed by atoms with Crippen molar-refractivity contribution in [2.24, 2.45) is 0 Å². The Morgan fingerprint density at radius 2 is 0.774 bits per heavy atom. The van der Waals surface area contributed by atoms with Crippen molar-refractivity contribution in [1.29, 1.82) is 0 Å². The minimum Gasteiger partial charge on any atom is -0.394 e. The Labute approximate surface area is 332 Å². The predicted molar refractivity (Wildman–Crippen MR) is 235 cm³/mol. The normalized spacial score (nSPS) is 13.1. The van der Waals surface area contributed by atoms with Crippen molar-refractivity contribution < 1.29 is 15.0 Å². The van der Waals surface area contributed by atoms with Gasteiger partial charge in [0.25, 0.3) is 0 Å². The summed E-state index contributed by atoms with van der Waals surface area (Å²) in [5.74, 6) is -0.0361. The molecule has 0 radical (unpaired) electrons. The minimum absolute atomic E-state index is 0.0361. The SMILES string of the molecule is CCCCCCCCCCC/C=C\C/C=C\CCCCCCCCCC(=O)NC(CO)C(O)CCCCCCCCCCCCCCCCCCCC. The van der Waals surface area contributed by atoms with Crippen LogP contribution in [0.5, 0.6) is 0 Å². The number of aliphatic hydroxyl groups excluding tert-OH is 2. The lowest BCUT2D eigenvalue weighted by Gasteiger charge is -2.22. The van der Waals surface area contributed by atoms with Gasteiger partial charge in [0.2, 0.25) is 5.91 Å². The van der Waals surface area contributed by atoms with E-state index in [2.05, 4.69) is 43.5 Å². The number of carbonyl (C=O) groups is 1. The fourth-order valence-corrected chi connectivity index (χ4v) is 7.51. The highest BCUT2D eigenvalue weighted by Gasteiger charge is 2.20. The highest BCUT2D eigenvalue weighted by molar-refractivity contribution is 5.76. The average Bonchev–Trinajstić information content (AvgIpc) is 3.16. The molecule has 0 aromatic heterocycles. The van der Waals surface area contributed by atoms with E-state index in [1.807, 2.05) is 0 Å². The van der Waals surface area contributed by atoms with E-state index in [0.29, 0.717) is 12.8 Å². The molecule has 4 nitrogen and oxygen atoms in total. The molecule has 0 aliphatic carbocycles. The molecular weight excluding hydrogens is 651 g/mol. The molecule has 2 unspecified atom stereocenters. The maximum absolute atomic E-state index is 12.4. The van der Waals surface area contributed by atoms with Crippen LogP contribution in [0.3, 0.4) is 0 Å². The Kier molecular flexibility index (Phi) is 44.3. The van der Waals surface area contributed by atoms with Crippen molar-refractivity contribution in [2.45, 2.75) is 276 Å². The molecule has 0 fully saturated rings. The first-order valence-electron chi connectivity index (χ1n) is 24.0. The lowest BCUT2D eigenvalue weighted by molar-refractivity contribution is -0.123. The zero-order valence-electron chi connectivity index (χ0n) is 36.1. The first kappa shape index (κ1) is 51.9. The Bertz CT molecular complexity index is 765. The van der Waals surface area contributed by atoms with E-state index in [1.54, 1.807) is 0 Å². The van der Waals surface area contributed by atoms with Crippen LogP contribution >= 0.6 is 0 Å². The molecule has 0 aromatic rings. The third-order valence-electron chi connectivity index (χ3n) is 11.2. The predicted octanol–water partition coefficient (Wildman–Crippen LogP) is 15.2. The van der Waals surface area contributed by atoms with Crippen molar-refractivity contribution in [1.82, 2.24) is 5.32 Å². The fraction of sp³-hybridized carbons (Fsp3) is 0.898. The maximum Gasteiger partial charge on any atom is 0.220 e. The highest BCUT2D eigenvalue weighted by atomic mass is 16.3. The smallest absolute Gasteiger partial charge is 0.220 e. The number of unbranched alkanes of at least 4 members (excludes halogenated alkanes) is 33. The first-order chi connectivity index (χ1) is 26.2. The molecule has 3 N–H and O–H groups in total. The molecule has 0 aliphatic rings. The summed E-state index contributed by atoms with van der Waals surface area (Å²) < 4.78 is 0. The molecule has 1 amide bonds. The van der Waals surface area contributed by atoms with Gasteiger partial charge in [-0.05, 0) is 44.9 Å². The third-order valence-corrected chi connectivity index (χ3v) is 11.2. The van der Waals surface area contributed by atoms with Crippen LogP contribution in [0, 0.1) is 0 Å². The Balaban J connectivity index is 3.51. The number of amides is 1. The van der Waals surface area contributed by atoms with Crippen molar-refractivity contribution >= 4 is 5.91 Å². The van der Waals surface area contributed by atoms with Crippen LogP contribution in [-0.2, 0) is 4.79 Å². The largest absolute Gasteiger partial charge is 0.394 e. The van der Waals surface area contributed by atoms with Crippen molar-refractivity contribution in [3.8, 4) is 0 Å². The van der Waals surface area contributed by atoms with Crippen molar-refractivity contribution in [3.63, 3.8) is 0 Å². The summed E-state index contributed by atoms with van der Waals surface area (Å²) in [7, 11) is 0. The van der Waals surface area contributed by atoms with Crippen LogP contribution in [0.15, 0.2) is 24.3 Å². The number of allylic oxidation sites excluding steroid dienone is 4. The van der Waals surface area contributed by atoms with E-state index >= 15 is 0 Å². The van der Waals surface area contributed by atoms with Gasteiger partial charge in [-0.25, -0.2) is 0 Å². The Hall–Kier alpha value is -1.13. The molecule has 0 spiro atoms. The number of nitrogens with one attached hydrogen (secondary N) is 1. The number of carbonyl (C=O) groups excluding carboxylic acids is 1. The van der Waals surface area contributed by atoms with Crippen molar-refractivity contribution in [2.75, 3.05) is 6.61 Å². The molecule has 0 saturated carbocycles. The molecule has 53 heavy (non-hydrogen) atoms.